The quantitative estimate of drug-likeness (QED) is 0.766. The fraction of sp³-hybridized carbons (Fsp3) is 0.412. The zero-order valence-electron chi connectivity index (χ0n) is 14.5. The second-order valence-corrected chi connectivity index (χ2v) is 6.97. The van der Waals surface area contributed by atoms with E-state index in [4.69, 9.17) is 4.52 Å². The van der Waals surface area contributed by atoms with Crippen LogP contribution in [0.1, 0.15) is 18.6 Å². The highest BCUT2D eigenvalue weighted by Gasteiger charge is 2.18. The molecule has 3 heterocycles. The molecule has 2 amide bonds. The van der Waals surface area contributed by atoms with E-state index >= 15 is 0 Å². The lowest BCUT2D eigenvalue weighted by Gasteiger charge is -2.19. The van der Waals surface area contributed by atoms with E-state index in [9.17, 15) is 9.59 Å². The number of anilines is 3. The minimum Gasteiger partial charge on any atom is -0.360 e. The number of carbonyl (C=O) groups is 2. The summed E-state index contributed by atoms with van der Waals surface area (Å²) in [4.78, 5) is 30.6. The molecule has 0 aliphatic carbocycles. The summed E-state index contributed by atoms with van der Waals surface area (Å²) in [6.07, 6.45) is 4.01. The van der Waals surface area contributed by atoms with Gasteiger partial charge in [-0.15, -0.1) is 11.8 Å². The Morgan fingerprint density at radius 1 is 1.23 bits per heavy atom. The second-order valence-electron chi connectivity index (χ2n) is 5.98. The van der Waals surface area contributed by atoms with Crippen molar-refractivity contribution in [1.29, 1.82) is 0 Å². The van der Waals surface area contributed by atoms with Crippen molar-refractivity contribution in [2.75, 3.05) is 40.1 Å². The molecule has 3 rings (SSSR count). The van der Waals surface area contributed by atoms with Crippen LogP contribution in [0.15, 0.2) is 28.9 Å². The first-order valence-corrected chi connectivity index (χ1v) is 9.58. The average molecular weight is 375 g/mol. The molecule has 9 heteroatoms. The Bertz CT molecular complexity index is 773. The van der Waals surface area contributed by atoms with Gasteiger partial charge in [0.25, 0.3) is 0 Å². The average Bonchev–Trinajstić information content (AvgIpc) is 3.27. The summed E-state index contributed by atoms with van der Waals surface area (Å²) in [6.45, 7) is 3.66. The van der Waals surface area contributed by atoms with Crippen molar-refractivity contribution in [3.8, 4) is 0 Å². The Balaban J connectivity index is 1.45. The minimum atomic E-state index is -0.227. The number of rotatable bonds is 7. The maximum absolute atomic E-state index is 12.2. The van der Waals surface area contributed by atoms with E-state index < -0.39 is 0 Å². The Morgan fingerprint density at radius 3 is 2.65 bits per heavy atom. The predicted molar refractivity (Wildman–Crippen MR) is 102 cm³/mol. The van der Waals surface area contributed by atoms with Gasteiger partial charge in [0, 0.05) is 25.4 Å². The normalized spacial score (nSPS) is 13.7. The van der Waals surface area contributed by atoms with E-state index in [1.54, 1.807) is 25.3 Å². The zero-order valence-corrected chi connectivity index (χ0v) is 15.3. The molecule has 8 nitrogen and oxygen atoms in total. The molecular formula is C17H21N5O3S. The van der Waals surface area contributed by atoms with Crippen LogP contribution in [0.4, 0.5) is 17.3 Å². The fourth-order valence-electron chi connectivity index (χ4n) is 2.70. The molecule has 1 saturated heterocycles. The number of amides is 2. The molecule has 0 atom stereocenters. The van der Waals surface area contributed by atoms with Crippen LogP contribution in [-0.2, 0) is 9.59 Å². The Kier molecular flexibility index (Phi) is 6.11. The smallest absolute Gasteiger partial charge is 0.235 e. The van der Waals surface area contributed by atoms with E-state index in [1.807, 2.05) is 6.07 Å². The third-order valence-electron chi connectivity index (χ3n) is 3.83. The van der Waals surface area contributed by atoms with Crippen LogP contribution < -0.4 is 15.5 Å². The van der Waals surface area contributed by atoms with Gasteiger partial charge in [-0.3, -0.25) is 9.59 Å². The van der Waals surface area contributed by atoms with Gasteiger partial charge in [0.1, 0.15) is 5.76 Å². The molecule has 2 N–H and O–H groups in total. The van der Waals surface area contributed by atoms with E-state index in [-0.39, 0.29) is 23.3 Å². The standard InChI is InChI=1S/C17H21N5O3S/c1-12-9-14(21-25-12)20-16(24)11-26-10-15(23)19-13-5-4-6-18-17(13)22-7-2-3-8-22/h4-6,9H,2-3,7-8,10-11H2,1H3,(H,19,23)(H,20,21,24). The number of hydrogen-bond donors (Lipinski definition) is 2. The van der Waals surface area contributed by atoms with Crippen LogP contribution in [-0.4, -0.2) is 46.6 Å². The molecule has 2 aromatic rings. The largest absolute Gasteiger partial charge is 0.360 e. The lowest BCUT2D eigenvalue weighted by Crippen LogP contribution is -2.23. The molecule has 0 aromatic carbocycles. The van der Waals surface area contributed by atoms with Crippen molar-refractivity contribution >= 4 is 40.9 Å². The lowest BCUT2D eigenvalue weighted by molar-refractivity contribution is -0.114. The highest BCUT2D eigenvalue weighted by molar-refractivity contribution is 8.00. The van der Waals surface area contributed by atoms with Crippen molar-refractivity contribution in [3.05, 3.63) is 30.2 Å². The van der Waals surface area contributed by atoms with E-state index in [0.29, 0.717) is 17.3 Å². The van der Waals surface area contributed by atoms with Gasteiger partial charge in [-0.2, -0.15) is 0 Å². The second kappa shape index (κ2) is 8.70. The molecule has 26 heavy (non-hydrogen) atoms. The first kappa shape index (κ1) is 18.2. The van der Waals surface area contributed by atoms with Crippen LogP contribution >= 0.6 is 11.8 Å². The molecule has 0 bridgehead atoms. The maximum Gasteiger partial charge on any atom is 0.235 e. The first-order valence-electron chi connectivity index (χ1n) is 8.42. The number of nitrogens with zero attached hydrogens (tertiary/aromatic N) is 3. The van der Waals surface area contributed by atoms with Crippen molar-refractivity contribution in [1.82, 2.24) is 10.1 Å². The van der Waals surface area contributed by atoms with Crippen LogP contribution in [0.25, 0.3) is 0 Å². The summed E-state index contributed by atoms with van der Waals surface area (Å²) in [5.74, 6) is 1.76. The van der Waals surface area contributed by atoms with Gasteiger partial charge in [-0.1, -0.05) is 5.16 Å². The molecule has 0 unspecified atom stereocenters. The van der Waals surface area contributed by atoms with Gasteiger partial charge in [0.05, 0.1) is 17.2 Å². The topological polar surface area (TPSA) is 100 Å². The number of aryl methyl sites for hydroxylation is 1. The summed E-state index contributed by atoms with van der Waals surface area (Å²) in [7, 11) is 0. The van der Waals surface area contributed by atoms with Gasteiger partial charge in [-0.25, -0.2) is 4.98 Å². The molecule has 1 aliphatic heterocycles. The molecule has 0 spiro atoms. The Hall–Kier alpha value is -2.55. The Morgan fingerprint density at radius 2 is 1.96 bits per heavy atom. The molecular weight excluding hydrogens is 354 g/mol. The number of thioether (sulfide) groups is 1. The van der Waals surface area contributed by atoms with Crippen LogP contribution in [0.2, 0.25) is 0 Å². The Labute approximate surface area is 155 Å². The van der Waals surface area contributed by atoms with E-state index in [2.05, 4.69) is 25.7 Å². The number of hydrogen-bond acceptors (Lipinski definition) is 7. The maximum atomic E-state index is 12.2. The van der Waals surface area contributed by atoms with Crippen LogP contribution in [0, 0.1) is 6.92 Å². The molecule has 1 fully saturated rings. The fourth-order valence-corrected chi connectivity index (χ4v) is 3.32. The number of carbonyl (C=O) groups excluding carboxylic acids is 2. The number of pyridine rings is 1. The van der Waals surface area contributed by atoms with Crippen molar-refractivity contribution < 1.29 is 14.1 Å². The third kappa shape index (κ3) is 4.98. The van der Waals surface area contributed by atoms with E-state index in [0.717, 1.165) is 31.7 Å². The van der Waals surface area contributed by atoms with Crippen molar-refractivity contribution in [3.63, 3.8) is 0 Å². The molecule has 1 aliphatic rings. The molecule has 0 saturated carbocycles. The molecule has 138 valence electrons. The first-order chi connectivity index (χ1) is 12.6. The summed E-state index contributed by atoms with van der Waals surface area (Å²) < 4.78 is 4.88. The van der Waals surface area contributed by atoms with Crippen molar-refractivity contribution in [2.24, 2.45) is 0 Å². The van der Waals surface area contributed by atoms with E-state index in [1.165, 1.54) is 11.8 Å². The summed E-state index contributed by atoms with van der Waals surface area (Å²) in [5, 5.41) is 9.21. The van der Waals surface area contributed by atoms with Crippen LogP contribution in [0.3, 0.4) is 0 Å². The molecule has 0 radical (unpaired) electrons. The van der Waals surface area contributed by atoms with Gasteiger partial charge in [-0.05, 0) is 31.9 Å². The third-order valence-corrected chi connectivity index (χ3v) is 4.76. The van der Waals surface area contributed by atoms with Gasteiger partial charge < -0.3 is 20.1 Å². The summed E-state index contributed by atoms with van der Waals surface area (Å²) in [5.41, 5.74) is 0.711. The number of aromatic nitrogens is 2. The van der Waals surface area contributed by atoms with Crippen molar-refractivity contribution in [2.45, 2.75) is 19.8 Å². The summed E-state index contributed by atoms with van der Waals surface area (Å²) >= 11 is 1.24. The highest BCUT2D eigenvalue weighted by Crippen LogP contribution is 2.26. The summed E-state index contributed by atoms with van der Waals surface area (Å²) in [6, 6.07) is 5.29. The number of nitrogens with one attached hydrogen (secondary N) is 2. The monoisotopic (exact) mass is 375 g/mol. The SMILES string of the molecule is Cc1cc(NC(=O)CSCC(=O)Nc2cccnc2N2CCCC2)no1. The zero-order chi connectivity index (χ0) is 18.4. The van der Waals surface area contributed by atoms with Gasteiger partial charge >= 0.3 is 0 Å². The van der Waals surface area contributed by atoms with Crippen LogP contribution in [0.5, 0.6) is 0 Å². The minimum absolute atomic E-state index is 0.158. The molecule has 2 aromatic heterocycles. The lowest BCUT2D eigenvalue weighted by atomic mass is 10.3. The predicted octanol–water partition coefficient (Wildman–Crippen LogP) is 2.29. The van der Waals surface area contributed by atoms with Gasteiger partial charge in [0.2, 0.25) is 11.8 Å². The highest BCUT2D eigenvalue weighted by atomic mass is 32.2. The van der Waals surface area contributed by atoms with Gasteiger partial charge in [0.15, 0.2) is 11.6 Å².